The highest BCUT2D eigenvalue weighted by Crippen LogP contribution is 2.30. The Morgan fingerprint density at radius 1 is 1.14 bits per heavy atom. The third-order valence-corrected chi connectivity index (χ3v) is 4.96. The van der Waals surface area contributed by atoms with Gasteiger partial charge in [-0.2, -0.15) is 0 Å². The van der Waals surface area contributed by atoms with Gasteiger partial charge in [-0.05, 0) is 47.2 Å². The van der Waals surface area contributed by atoms with Crippen molar-refractivity contribution in [3.8, 4) is 0 Å². The van der Waals surface area contributed by atoms with E-state index in [0.717, 1.165) is 25.0 Å². The number of aromatic nitrogens is 4. The second-order valence-electron chi connectivity index (χ2n) is 6.36. The zero-order valence-electron chi connectivity index (χ0n) is 13.0. The molecule has 6 heteroatoms. The summed E-state index contributed by atoms with van der Waals surface area (Å²) in [5.74, 6) is 1.66. The van der Waals surface area contributed by atoms with Gasteiger partial charge < -0.3 is 9.80 Å². The van der Waals surface area contributed by atoms with Gasteiger partial charge in [0.15, 0.2) is 0 Å². The van der Waals surface area contributed by atoms with Crippen LogP contribution in [0.5, 0.6) is 0 Å². The number of tetrazole rings is 1. The number of hydrogen-bond donors (Lipinski definition) is 0. The minimum Gasteiger partial charge on any atom is -0.371 e. The van der Waals surface area contributed by atoms with Crippen LogP contribution in [0.1, 0.15) is 18.4 Å². The molecule has 2 aliphatic heterocycles. The molecule has 4 rings (SSSR count). The molecule has 1 saturated heterocycles. The highest BCUT2D eigenvalue weighted by atomic mass is 15.6. The minimum absolute atomic E-state index is 0.767. The molecule has 0 N–H and O–H groups in total. The lowest BCUT2D eigenvalue weighted by atomic mass is 9.96. The Labute approximate surface area is 130 Å². The summed E-state index contributed by atoms with van der Waals surface area (Å²) in [6.45, 7) is 4.46. The molecule has 0 amide bonds. The summed E-state index contributed by atoms with van der Waals surface area (Å²) in [4.78, 5) is 4.87. The third kappa shape index (κ3) is 2.42. The predicted molar refractivity (Wildman–Crippen MR) is 86.1 cm³/mol. The second-order valence-corrected chi connectivity index (χ2v) is 6.36. The van der Waals surface area contributed by atoms with E-state index in [4.69, 9.17) is 0 Å². The molecule has 2 aromatic rings. The van der Waals surface area contributed by atoms with Crippen molar-refractivity contribution < 1.29 is 0 Å². The molecule has 0 saturated carbocycles. The Balaban J connectivity index is 1.36. The number of rotatable bonds is 3. The lowest BCUT2D eigenvalue weighted by molar-refractivity contribution is 0.400. The van der Waals surface area contributed by atoms with Crippen LogP contribution in [-0.4, -0.2) is 46.4 Å². The fraction of sp³-hybridized carbons (Fsp3) is 0.562. The van der Waals surface area contributed by atoms with E-state index in [1.54, 1.807) is 4.68 Å². The van der Waals surface area contributed by atoms with Gasteiger partial charge in [-0.3, -0.25) is 0 Å². The quantitative estimate of drug-likeness (QED) is 0.859. The summed E-state index contributed by atoms with van der Waals surface area (Å²) in [5.41, 5.74) is 2.95. The number of fused-ring (bicyclic) bond motifs is 1. The monoisotopic (exact) mass is 298 g/mol. The average molecular weight is 298 g/mol. The molecule has 0 radical (unpaired) electrons. The van der Waals surface area contributed by atoms with E-state index in [2.05, 4.69) is 49.6 Å². The van der Waals surface area contributed by atoms with Gasteiger partial charge in [-0.25, -0.2) is 4.68 Å². The van der Waals surface area contributed by atoms with Crippen molar-refractivity contribution in [3.05, 3.63) is 29.8 Å². The number of aryl methyl sites for hydroxylation is 1. The molecule has 0 bridgehead atoms. The molecule has 2 aliphatic rings. The zero-order chi connectivity index (χ0) is 14.9. The van der Waals surface area contributed by atoms with Crippen LogP contribution in [0.3, 0.4) is 0 Å². The van der Waals surface area contributed by atoms with Crippen LogP contribution in [0.15, 0.2) is 24.3 Å². The summed E-state index contributed by atoms with van der Waals surface area (Å²) < 4.78 is 1.76. The first-order valence-electron chi connectivity index (χ1n) is 8.11. The van der Waals surface area contributed by atoms with E-state index in [0.29, 0.717) is 0 Å². The van der Waals surface area contributed by atoms with Crippen LogP contribution in [0.2, 0.25) is 0 Å². The number of piperidine rings is 1. The molecule has 1 aromatic heterocycles. The van der Waals surface area contributed by atoms with E-state index in [9.17, 15) is 0 Å². The van der Waals surface area contributed by atoms with Crippen LogP contribution in [-0.2, 0) is 13.5 Å². The SMILES string of the molecule is Cn1nnnc1N1CCC(CN2CCc3ccccc32)CC1. The molecule has 1 aromatic carbocycles. The second kappa shape index (κ2) is 5.59. The first kappa shape index (κ1) is 13.5. The van der Waals surface area contributed by atoms with Crippen molar-refractivity contribution in [1.82, 2.24) is 20.2 Å². The Morgan fingerprint density at radius 3 is 2.73 bits per heavy atom. The lowest BCUT2D eigenvalue weighted by Gasteiger charge is -2.34. The van der Waals surface area contributed by atoms with Crippen LogP contribution < -0.4 is 9.80 Å². The molecule has 0 unspecified atom stereocenters. The molecule has 1 fully saturated rings. The van der Waals surface area contributed by atoms with Gasteiger partial charge >= 0.3 is 0 Å². The highest BCUT2D eigenvalue weighted by molar-refractivity contribution is 5.57. The fourth-order valence-corrected chi connectivity index (χ4v) is 3.72. The van der Waals surface area contributed by atoms with Crippen LogP contribution in [0, 0.1) is 5.92 Å². The number of benzene rings is 1. The molecule has 0 aliphatic carbocycles. The summed E-state index contributed by atoms with van der Waals surface area (Å²) >= 11 is 0. The van der Waals surface area contributed by atoms with Crippen LogP contribution in [0.4, 0.5) is 11.6 Å². The largest absolute Gasteiger partial charge is 0.371 e. The van der Waals surface area contributed by atoms with Crippen molar-refractivity contribution in [1.29, 1.82) is 0 Å². The molecule has 22 heavy (non-hydrogen) atoms. The standard InChI is InChI=1S/C16H22N6/c1-20-16(17-18-19-20)21-9-6-13(7-10-21)12-22-11-8-14-4-2-3-5-15(14)22/h2-5,13H,6-12H2,1H3. The smallest absolute Gasteiger partial charge is 0.245 e. The van der Waals surface area contributed by atoms with Gasteiger partial charge in [-0.1, -0.05) is 23.3 Å². The van der Waals surface area contributed by atoms with E-state index in [-0.39, 0.29) is 0 Å². The van der Waals surface area contributed by atoms with E-state index in [1.165, 1.54) is 43.6 Å². The zero-order valence-corrected chi connectivity index (χ0v) is 13.0. The summed E-state index contributed by atoms with van der Waals surface area (Å²) in [6.07, 6.45) is 3.62. The maximum absolute atomic E-state index is 4.11. The molecular formula is C16H22N6. The molecular weight excluding hydrogens is 276 g/mol. The van der Waals surface area contributed by atoms with E-state index < -0.39 is 0 Å². The number of hydrogen-bond acceptors (Lipinski definition) is 5. The topological polar surface area (TPSA) is 50.1 Å². The van der Waals surface area contributed by atoms with Crippen LogP contribution in [0.25, 0.3) is 0 Å². The molecule has 3 heterocycles. The number of anilines is 2. The Hall–Kier alpha value is -2.11. The first-order valence-corrected chi connectivity index (χ1v) is 8.11. The van der Waals surface area contributed by atoms with E-state index in [1.807, 2.05) is 7.05 Å². The van der Waals surface area contributed by atoms with Crippen molar-refractivity contribution in [2.45, 2.75) is 19.3 Å². The maximum atomic E-state index is 4.11. The van der Waals surface area contributed by atoms with Gasteiger partial charge in [0.1, 0.15) is 0 Å². The summed E-state index contributed by atoms with van der Waals surface area (Å²) in [7, 11) is 1.91. The minimum atomic E-state index is 0.767. The van der Waals surface area contributed by atoms with Gasteiger partial charge in [0.25, 0.3) is 0 Å². The van der Waals surface area contributed by atoms with Gasteiger partial charge in [0.2, 0.25) is 5.95 Å². The Kier molecular flexibility index (Phi) is 3.44. The third-order valence-electron chi connectivity index (χ3n) is 4.96. The molecule has 6 nitrogen and oxygen atoms in total. The summed E-state index contributed by atoms with van der Waals surface area (Å²) in [6, 6.07) is 8.83. The van der Waals surface area contributed by atoms with Gasteiger partial charge in [0, 0.05) is 38.9 Å². The normalized spacial score (nSPS) is 18.8. The molecule has 0 atom stereocenters. The van der Waals surface area contributed by atoms with Crippen molar-refractivity contribution >= 4 is 11.6 Å². The van der Waals surface area contributed by atoms with E-state index >= 15 is 0 Å². The fourth-order valence-electron chi connectivity index (χ4n) is 3.72. The van der Waals surface area contributed by atoms with Gasteiger partial charge in [-0.15, -0.1) is 0 Å². The van der Waals surface area contributed by atoms with Crippen molar-refractivity contribution in [2.75, 3.05) is 36.0 Å². The Morgan fingerprint density at radius 2 is 1.95 bits per heavy atom. The number of nitrogens with zero attached hydrogens (tertiary/aromatic N) is 6. The Bertz CT molecular complexity index is 644. The predicted octanol–water partition coefficient (Wildman–Crippen LogP) is 1.49. The lowest BCUT2D eigenvalue weighted by Crippen LogP contribution is -2.39. The van der Waals surface area contributed by atoms with Crippen LogP contribution >= 0.6 is 0 Å². The number of para-hydroxylation sites is 1. The molecule has 0 spiro atoms. The van der Waals surface area contributed by atoms with Crippen molar-refractivity contribution in [2.24, 2.45) is 13.0 Å². The first-order chi connectivity index (χ1) is 10.8. The molecule has 116 valence electrons. The maximum Gasteiger partial charge on any atom is 0.245 e. The average Bonchev–Trinajstić information content (AvgIpc) is 3.15. The van der Waals surface area contributed by atoms with Crippen molar-refractivity contribution in [3.63, 3.8) is 0 Å². The van der Waals surface area contributed by atoms with Gasteiger partial charge in [0.05, 0.1) is 0 Å². The highest BCUT2D eigenvalue weighted by Gasteiger charge is 2.26. The summed E-state index contributed by atoms with van der Waals surface area (Å²) in [5, 5.41) is 11.8.